The van der Waals surface area contributed by atoms with E-state index in [1.54, 1.807) is 6.92 Å². The Morgan fingerprint density at radius 3 is 2.76 bits per heavy atom. The number of carboxylic acid groups (broad SMARTS) is 1. The molecule has 1 aromatic rings. The number of aliphatic carboxylic acids is 1. The lowest BCUT2D eigenvalue weighted by Crippen LogP contribution is -1.95. The molecule has 1 rings (SSSR count). The molecule has 1 aromatic carbocycles. The molecule has 5 nitrogen and oxygen atoms in total. The van der Waals surface area contributed by atoms with Crippen molar-refractivity contribution in [2.45, 2.75) is 6.92 Å². The lowest BCUT2D eigenvalue weighted by molar-refractivity contribution is -0.130. The molecule has 0 saturated carbocycles. The zero-order chi connectivity index (χ0) is 12.8. The van der Waals surface area contributed by atoms with Crippen molar-refractivity contribution in [2.24, 2.45) is 0 Å². The minimum absolute atomic E-state index is 0.0421. The molecule has 2 N–H and O–H groups in total. The van der Waals surface area contributed by atoms with E-state index in [1.165, 1.54) is 12.1 Å². The van der Waals surface area contributed by atoms with Gasteiger partial charge in [0.15, 0.2) is 11.5 Å². The molecule has 0 bridgehead atoms. The van der Waals surface area contributed by atoms with E-state index in [1.807, 2.05) is 5.92 Å². The number of rotatable bonds is 3. The first-order valence-electron chi connectivity index (χ1n) is 4.78. The first-order chi connectivity index (χ1) is 8.08. The van der Waals surface area contributed by atoms with Crippen molar-refractivity contribution in [1.29, 1.82) is 0 Å². The Balaban J connectivity index is 3.29. The largest absolute Gasteiger partial charge is 0.503 e. The average Bonchev–Trinajstić information content (AvgIpc) is 2.30. The van der Waals surface area contributed by atoms with E-state index >= 15 is 0 Å². The van der Waals surface area contributed by atoms with Gasteiger partial charge in [-0.3, -0.25) is 4.79 Å². The van der Waals surface area contributed by atoms with Crippen molar-refractivity contribution >= 4 is 12.3 Å². The molecule has 0 spiro atoms. The van der Waals surface area contributed by atoms with Crippen LogP contribution in [-0.4, -0.2) is 29.1 Å². The van der Waals surface area contributed by atoms with E-state index in [0.29, 0.717) is 12.9 Å². The maximum Gasteiger partial charge on any atom is 0.382 e. The van der Waals surface area contributed by atoms with Gasteiger partial charge in [0.25, 0.3) is 0 Å². The van der Waals surface area contributed by atoms with Crippen LogP contribution in [0, 0.1) is 11.8 Å². The summed E-state index contributed by atoms with van der Waals surface area (Å²) in [6, 6.07) is 2.65. The highest BCUT2D eigenvalue weighted by Gasteiger charge is 2.09. The van der Waals surface area contributed by atoms with E-state index in [-0.39, 0.29) is 22.6 Å². The van der Waals surface area contributed by atoms with Crippen LogP contribution >= 0.6 is 0 Å². The number of hydrogen-bond acceptors (Lipinski definition) is 4. The first-order valence-corrected chi connectivity index (χ1v) is 4.78. The van der Waals surface area contributed by atoms with Crippen LogP contribution in [0.5, 0.6) is 11.5 Å². The zero-order valence-corrected chi connectivity index (χ0v) is 9.06. The number of aromatic hydroxyl groups is 1. The lowest BCUT2D eigenvalue weighted by atomic mass is 10.1. The summed E-state index contributed by atoms with van der Waals surface area (Å²) in [4.78, 5) is 21.0. The molecule has 0 unspecified atom stereocenters. The lowest BCUT2D eigenvalue weighted by Gasteiger charge is -2.07. The standard InChI is InChI=1S/C12H10O5/c1-2-17-10-6-8(7-13)5-9(12(10)16)3-4-11(14)15/h5-7,16H,2H2,1H3,(H,14,15). The highest BCUT2D eigenvalue weighted by Crippen LogP contribution is 2.30. The minimum atomic E-state index is -1.32. The van der Waals surface area contributed by atoms with Gasteiger partial charge in [0, 0.05) is 11.5 Å². The molecule has 5 heteroatoms. The van der Waals surface area contributed by atoms with Crippen molar-refractivity contribution in [2.75, 3.05) is 6.61 Å². The Morgan fingerprint density at radius 2 is 2.24 bits per heavy atom. The molecule has 88 valence electrons. The van der Waals surface area contributed by atoms with Crippen LogP contribution in [-0.2, 0) is 4.79 Å². The molecule has 0 radical (unpaired) electrons. The molecular weight excluding hydrogens is 224 g/mol. The SMILES string of the molecule is CCOc1cc(C=O)cc(C#CC(=O)O)c1O. The minimum Gasteiger partial charge on any atom is -0.503 e. The van der Waals surface area contributed by atoms with Gasteiger partial charge in [0.2, 0.25) is 0 Å². The second-order valence-corrected chi connectivity index (χ2v) is 3.02. The molecule has 0 aliphatic rings. The van der Waals surface area contributed by atoms with E-state index in [9.17, 15) is 14.7 Å². The topological polar surface area (TPSA) is 83.8 Å². The number of aldehydes is 1. The Labute approximate surface area is 97.6 Å². The van der Waals surface area contributed by atoms with Gasteiger partial charge in [0.05, 0.1) is 12.2 Å². The van der Waals surface area contributed by atoms with Crippen molar-refractivity contribution < 1.29 is 24.5 Å². The third-order valence-electron chi connectivity index (χ3n) is 1.84. The molecule has 0 aliphatic heterocycles. The van der Waals surface area contributed by atoms with Gasteiger partial charge >= 0.3 is 5.97 Å². The van der Waals surface area contributed by atoms with Crippen LogP contribution < -0.4 is 4.74 Å². The van der Waals surface area contributed by atoms with Crippen LogP contribution in [0.2, 0.25) is 0 Å². The summed E-state index contributed by atoms with van der Waals surface area (Å²) in [5.41, 5.74) is 0.293. The predicted octanol–water partition coefficient (Wildman–Crippen LogP) is 1.04. The molecule has 0 amide bonds. The molecule has 0 heterocycles. The van der Waals surface area contributed by atoms with E-state index in [0.717, 1.165) is 0 Å². The van der Waals surface area contributed by atoms with Crippen LogP contribution in [0.1, 0.15) is 22.8 Å². The normalized spacial score (nSPS) is 9.00. The van der Waals surface area contributed by atoms with Gasteiger partial charge in [-0.25, -0.2) is 4.79 Å². The van der Waals surface area contributed by atoms with Crippen LogP contribution in [0.3, 0.4) is 0 Å². The molecule has 17 heavy (non-hydrogen) atoms. The monoisotopic (exact) mass is 234 g/mol. The second-order valence-electron chi connectivity index (χ2n) is 3.02. The zero-order valence-electron chi connectivity index (χ0n) is 9.06. The highest BCUT2D eigenvalue weighted by atomic mass is 16.5. The van der Waals surface area contributed by atoms with Gasteiger partial charge in [0.1, 0.15) is 6.29 Å². The molecular formula is C12H10O5. The fourth-order valence-electron chi connectivity index (χ4n) is 1.18. The number of carbonyl (C=O) groups is 2. The van der Waals surface area contributed by atoms with Crippen LogP contribution in [0.25, 0.3) is 0 Å². The number of carboxylic acids is 1. The fraction of sp³-hybridized carbons (Fsp3) is 0.167. The van der Waals surface area contributed by atoms with E-state index in [2.05, 4.69) is 5.92 Å². The molecule has 0 fully saturated rings. The summed E-state index contributed by atoms with van der Waals surface area (Å²) in [5.74, 6) is 2.62. The third kappa shape index (κ3) is 3.24. The summed E-state index contributed by atoms with van der Waals surface area (Å²) in [6.07, 6.45) is 0.563. The summed E-state index contributed by atoms with van der Waals surface area (Å²) >= 11 is 0. The predicted molar refractivity (Wildman–Crippen MR) is 59.2 cm³/mol. The fourth-order valence-corrected chi connectivity index (χ4v) is 1.18. The number of phenols is 1. The van der Waals surface area contributed by atoms with Crippen molar-refractivity contribution in [1.82, 2.24) is 0 Å². The third-order valence-corrected chi connectivity index (χ3v) is 1.84. The van der Waals surface area contributed by atoms with Gasteiger partial charge in [-0.1, -0.05) is 5.92 Å². The average molecular weight is 234 g/mol. The summed E-state index contributed by atoms with van der Waals surface area (Å²) in [6.45, 7) is 2.03. The number of benzene rings is 1. The number of phenolic OH excluding ortho intramolecular Hbond substituents is 1. The molecule has 0 aliphatic carbocycles. The summed E-state index contributed by atoms with van der Waals surface area (Å²) < 4.78 is 5.10. The Hall–Kier alpha value is -2.48. The van der Waals surface area contributed by atoms with Crippen LogP contribution in [0.4, 0.5) is 0 Å². The Kier molecular flexibility index (Phi) is 4.12. The maximum atomic E-state index is 10.7. The van der Waals surface area contributed by atoms with E-state index < -0.39 is 5.97 Å². The van der Waals surface area contributed by atoms with Gasteiger partial charge in [-0.05, 0) is 19.1 Å². The van der Waals surface area contributed by atoms with Gasteiger partial charge in [-0.2, -0.15) is 0 Å². The van der Waals surface area contributed by atoms with Crippen LogP contribution in [0.15, 0.2) is 12.1 Å². The van der Waals surface area contributed by atoms with E-state index in [4.69, 9.17) is 9.84 Å². The van der Waals surface area contributed by atoms with Crippen molar-refractivity contribution in [3.63, 3.8) is 0 Å². The quantitative estimate of drug-likeness (QED) is 0.603. The number of hydrogen-bond donors (Lipinski definition) is 2. The molecule has 0 saturated heterocycles. The molecule has 0 aromatic heterocycles. The highest BCUT2D eigenvalue weighted by molar-refractivity contribution is 5.88. The smallest absolute Gasteiger partial charge is 0.382 e. The summed E-state index contributed by atoms with van der Waals surface area (Å²) in [7, 11) is 0. The molecule has 0 atom stereocenters. The summed E-state index contributed by atoms with van der Waals surface area (Å²) in [5, 5.41) is 18.1. The first kappa shape index (κ1) is 12.6. The van der Waals surface area contributed by atoms with Crippen molar-refractivity contribution in [3.05, 3.63) is 23.3 Å². The number of carbonyl (C=O) groups excluding carboxylic acids is 1. The van der Waals surface area contributed by atoms with Crippen molar-refractivity contribution in [3.8, 4) is 23.3 Å². The van der Waals surface area contributed by atoms with Gasteiger partial charge < -0.3 is 14.9 Å². The maximum absolute atomic E-state index is 10.7. The second kappa shape index (κ2) is 5.56. The number of ether oxygens (including phenoxy) is 1. The van der Waals surface area contributed by atoms with Gasteiger partial charge in [-0.15, -0.1) is 0 Å². The Morgan fingerprint density at radius 1 is 1.53 bits per heavy atom. The Bertz CT molecular complexity index is 508.